The number of nitrogens with one attached hydrogen (secondary N) is 1. The maximum atomic E-state index is 12.4. The van der Waals surface area contributed by atoms with E-state index in [9.17, 15) is 4.79 Å². The van der Waals surface area contributed by atoms with E-state index in [1.165, 1.54) is 6.42 Å². The molecule has 1 aromatic carbocycles. The van der Waals surface area contributed by atoms with Crippen molar-refractivity contribution in [2.24, 2.45) is 5.41 Å². The molecule has 0 aliphatic carbocycles. The molecule has 4 nitrogen and oxygen atoms in total. The zero-order valence-electron chi connectivity index (χ0n) is 12.5. The van der Waals surface area contributed by atoms with Crippen molar-refractivity contribution in [2.45, 2.75) is 13.3 Å². The number of rotatable bonds is 3. The largest absolute Gasteiger partial charge is 0.316 e. The van der Waals surface area contributed by atoms with Crippen LogP contribution >= 0.6 is 12.4 Å². The summed E-state index contributed by atoms with van der Waals surface area (Å²) in [6, 6.07) is 9.98. The molecule has 3 rings (SSSR count). The van der Waals surface area contributed by atoms with Gasteiger partial charge in [-0.05, 0) is 30.5 Å². The molecule has 2 saturated heterocycles. The molecule has 1 unspecified atom stereocenters. The van der Waals surface area contributed by atoms with Crippen LogP contribution in [0.25, 0.3) is 0 Å². The van der Waals surface area contributed by atoms with Crippen LogP contribution in [0.5, 0.6) is 0 Å². The van der Waals surface area contributed by atoms with Crippen molar-refractivity contribution in [3.8, 4) is 0 Å². The lowest BCUT2D eigenvalue weighted by atomic mass is 9.89. The molecule has 0 aromatic heterocycles. The number of piperazine rings is 1. The lowest BCUT2D eigenvalue weighted by Gasteiger charge is -2.38. The van der Waals surface area contributed by atoms with Crippen LogP contribution in [0, 0.1) is 5.41 Å². The van der Waals surface area contributed by atoms with Crippen LogP contribution in [-0.2, 0) is 4.79 Å². The van der Waals surface area contributed by atoms with Crippen molar-refractivity contribution in [1.82, 2.24) is 10.2 Å². The van der Waals surface area contributed by atoms with Crippen LogP contribution < -0.4 is 10.2 Å². The first-order valence-electron chi connectivity index (χ1n) is 7.45. The molecular formula is C16H24ClN3O. The van der Waals surface area contributed by atoms with E-state index in [1.807, 2.05) is 35.2 Å². The maximum Gasteiger partial charge on any atom is 0.241 e. The molecule has 0 radical (unpaired) electrons. The Balaban J connectivity index is 0.00000161. The maximum absolute atomic E-state index is 12.4. The van der Waals surface area contributed by atoms with Gasteiger partial charge in [-0.15, -0.1) is 12.4 Å². The van der Waals surface area contributed by atoms with E-state index in [4.69, 9.17) is 0 Å². The van der Waals surface area contributed by atoms with E-state index in [-0.39, 0.29) is 18.3 Å². The summed E-state index contributed by atoms with van der Waals surface area (Å²) < 4.78 is 0. The molecule has 1 amide bonds. The first kappa shape index (κ1) is 16.3. The summed E-state index contributed by atoms with van der Waals surface area (Å²) in [5.74, 6) is 0.219. The zero-order chi connectivity index (χ0) is 14.0. The molecule has 116 valence electrons. The minimum absolute atomic E-state index is 0. The number of anilines is 1. The Bertz CT molecular complexity index is 474. The van der Waals surface area contributed by atoms with Crippen molar-refractivity contribution in [3.63, 3.8) is 0 Å². The van der Waals surface area contributed by atoms with E-state index in [0.717, 1.165) is 38.4 Å². The Morgan fingerprint density at radius 2 is 2.00 bits per heavy atom. The van der Waals surface area contributed by atoms with Crippen molar-refractivity contribution < 1.29 is 4.79 Å². The van der Waals surface area contributed by atoms with E-state index in [1.54, 1.807) is 0 Å². The van der Waals surface area contributed by atoms with Gasteiger partial charge in [-0.2, -0.15) is 0 Å². The summed E-state index contributed by atoms with van der Waals surface area (Å²) in [4.78, 5) is 16.6. The van der Waals surface area contributed by atoms with E-state index >= 15 is 0 Å². The highest BCUT2D eigenvalue weighted by molar-refractivity contribution is 5.95. The lowest BCUT2D eigenvalue weighted by Crippen LogP contribution is -2.53. The molecule has 1 aromatic rings. The third-order valence-electron chi connectivity index (χ3n) is 4.43. The molecule has 0 bridgehead atoms. The molecule has 2 aliphatic rings. The third kappa shape index (κ3) is 3.76. The fraction of sp³-hybridized carbons (Fsp3) is 0.562. The van der Waals surface area contributed by atoms with Crippen LogP contribution in [0.3, 0.4) is 0 Å². The van der Waals surface area contributed by atoms with Crippen LogP contribution in [-0.4, -0.2) is 50.1 Å². The summed E-state index contributed by atoms with van der Waals surface area (Å²) >= 11 is 0. The normalized spacial score (nSPS) is 26.7. The molecule has 1 N–H and O–H groups in total. The minimum Gasteiger partial charge on any atom is -0.316 e. The van der Waals surface area contributed by atoms with Gasteiger partial charge in [0.15, 0.2) is 0 Å². The lowest BCUT2D eigenvalue weighted by molar-refractivity contribution is -0.121. The summed E-state index contributed by atoms with van der Waals surface area (Å²) in [7, 11) is 0. The van der Waals surface area contributed by atoms with Gasteiger partial charge < -0.3 is 10.2 Å². The Morgan fingerprint density at radius 3 is 2.62 bits per heavy atom. The zero-order valence-corrected chi connectivity index (χ0v) is 13.4. The van der Waals surface area contributed by atoms with Gasteiger partial charge in [0, 0.05) is 31.9 Å². The summed E-state index contributed by atoms with van der Waals surface area (Å²) in [6.45, 7) is 7.83. The van der Waals surface area contributed by atoms with Gasteiger partial charge in [0.25, 0.3) is 0 Å². The monoisotopic (exact) mass is 309 g/mol. The number of halogens is 1. The standard InChI is InChI=1S/C16H23N3O.ClH/c1-16(7-8-17-12-16)13-18-9-10-19(15(20)11-18)14-5-3-2-4-6-14;/h2-6,17H,7-13H2,1H3;1H. The van der Waals surface area contributed by atoms with E-state index < -0.39 is 0 Å². The van der Waals surface area contributed by atoms with Crippen LogP contribution in [0.2, 0.25) is 0 Å². The number of hydrogen-bond donors (Lipinski definition) is 1. The molecule has 21 heavy (non-hydrogen) atoms. The Labute approximate surface area is 132 Å². The average molecular weight is 310 g/mol. The molecule has 2 heterocycles. The Hall–Kier alpha value is -1.10. The van der Waals surface area contributed by atoms with Gasteiger partial charge in [-0.3, -0.25) is 9.69 Å². The van der Waals surface area contributed by atoms with Crippen LogP contribution in [0.15, 0.2) is 30.3 Å². The first-order chi connectivity index (χ1) is 9.66. The summed E-state index contributed by atoms with van der Waals surface area (Å²) in [6.07, 6.45) is 1.21. The predicted molar refractivity (Wildman–Crippen MR) is 88.1 cm³/mol. The summed E-state index contributed by atoms with van der Waals surface area (Å²) in [5.41, 5.74) is 1.35. The number of carbonyl (C=O) groups excluding carboxylic acids is 1. The number of carbonyl (C=O) groups is 1. The Morgan fingerprint density at radius 1 is 1.24 bits per heavy atom. The van der Waals surface area contributed by atoms with Gasteiger partial charge in [0.2, 0.25) is 5.91 Å². The van der Waals surface area contributed by atoms with Crippen molar-refractivity contribution in [1.29, 1.82) is 0 Å². The quantitative estimate of drug-likeness (QED) is 0.924. The van der Waals surface area contributed by atoms with Crippen LogP contribution in [0.4, 0.5) is 5.69 Å². The highest BCUT2D eigenvalue weighted by Crippen LogP contribution is 2.26. The second kappa shape index (κ2) is 6.77. The van der Waals surface area contributed by atoms with Crippen molar-refractivity contribution in [2.75, 3.05) is 44.2 Å². The van der Waals surface area contributed by atoms with Gasteiger partial charge in [-0.1, -0.05) is 25.1 Å². The highest BCUT2D eigenvalue weighted by atomic mass is 35.5. The molecule has 2 fully saturated rings. The second-order valence-electron chi connectivity index (χ2n) is 6.33. The average Bonchev–Trinajstić information content (AvgIpc) is 2.86. The number of nitrogens with zero attached hydrogens (tertiary/aromatic N) is 2. The fourth-order valence-corrected chi connectivity index (χ4v) is 3.28. The van der Waals surface area contributed by atoms with E-state index in [0.29, 0.717) is 12.0 Å². The minimum atomic E-state index is 0. The van der Waals surface area contributed by atoms with Crippen LogP contribution in [0.1, 0.15) is 13.3 Å². The van der Waals surface area contributed by atoms with Gasteiger partial charge >= 0.3 is 0 Å². The van der Waals surface area contributed by atoms with Gasteiger partial charge in [-0.25, -0.2) is 0 Å². The second-order valence-corrected chi connectivity index (χ2v) is 6.33. The highest BCUT2D eigenvalue weighted by Gasteiger charge is 2.33. The molecule has 5 heteroatoms. The van der Waals surface area contributed by atoms with Gasteiger partial charge in [0.1, 0.15) is 0 Å². The number of amides is 1. The third-order valence-corrected chi connectivity index (χ3v) is 4.43. The van der Waals surface area contributed by atoms with Crippen molar-refractivity contribution >= 4 is 24.0 Å². The van der Waals surface area contributed by atoms with E-state index in [2.05, 4.69) is 17.1 Å². The molecular weight excluding hydrogens is 286 g/mol. The molecule has 0 spiro atoms. The fourth-order valence-electron chi connectivity index (χ4n) is 3.28. The SMILES string of the molecule is CC1(CN2CCN(c3ccccc3)C(=O)C2)CCNC1.Cl. The number of para-hydroxylation sites is 1. The molecule has 1 atom stereocenters. The Kier molecular flexibility index (Phi) is 5.25. The smallest absolute Gasteiger partial charge is 0.241 e. The molecule has 2 aliphatic heterocycles. The van der Waals surface area contributed by atoms with Crippen molar-refractivity contribution in [3.05, 3.63) is 30.3 Å². The predicted octanol–water partition coefficient (Wildman–Crippen LogP) is 1.76. The number of benzene rings is 1. The first-order valence-corrected chi connectivity index (χ1v) is 7.45. The topological polar surface area (TPSA) is 35.6 Å². The number of hydrogen-bond acceptors (Lipinski definition) is 3. The molecule has 0 saturated carbocycles. The summed E-state index contributed by atoms with van der Waals surface area (Å²) in [5, 5.41) is 3.43. The van der Waals surface area contributed by atoms with Gasteiger partial charge in [0.05, 0.1) is 6.54 Å².